The van der Waals surface area contributed by atoms with Crippen LogP contribution in [0.25, 0.3) is 0 Å². The second kappa shape index (κ2) is 22.4. The molecule has 0 aromatic heterocycles. The van der Waals surface area contributed by atoms with Crippen molar-refractivity contribution in [2.75, 3.05) is 5.73 Å². The van der Waals surface area contributed by atoms with Crippen molar-refractivity contribution in [2.24, 2.45) is 0 Å². The Bertz CT molecular complexity index is 822. The van der Waals surface area contributed by atoms with Crippen LogP contribution in [0.4, 0.5) is 21.5 Å². The van der Waals surface area contributed by atoms with E-state index in [1.165, 1.54) is 17.7 Å². The van der Waals surface area contributed by atoms with Crippen LogP contribution in [0.15, 0.2) is 72.8 Å². The van der Waals surface area contributed by atoms with Gasteiger partial charge in [0, 0.05) is 30.0 Å². The lowest BCUT2D eigenvalue weighted by atomic mass is 10.2. The molecule has 0 heterocycles. The van der Waals surface area contributed by atoms with Crippen molar-refractivity contribution >= 4 is 17.1 Å². The number of nitrogen functional groups attached to an aromatic ring is 1. The molecule has 188 valence electrons. The van der Waals surface area contributed by atoms with Gasteiger partial charge < -0.3 is 5.73 Å². The van der Waals surface area contributed by atoms with Crippen molar-refractivity contribution in [3.63, 3.8) is 0 Å². The van der Waals surface area contributed by atoms with Gasteiger partial charge in [-0.3, -0.25) is 20.2 Å². The van der Waals surface area contributed by atoms with Crippen LogP contribution in [-0.4, -0.2) is 9.85 Å². The van der Waals surface area contributed by atoms with Crippen LogP contribution in [0.3, 0.4) is 0 Å². The molecule has 0 unspecified atom stereocenters. The van der Waals surface area contributed by atoms with E-state index in [-0.39, 0.29) is 11.4 Å². The van der Waals surface area contributed by atoms with Crippen LogP contribution in [0, 0.1) is 39.9 Å². The first-order valence-electron chi connectivity index (χ1n) is 11.1. The van der Waals surface area contributed by atoms with Gasteiger partial charge in [0.15, 0.2) is 0 Å². The predicted octanol–water partition coefficient (Wildman–Crippen LogP) is 8.29. The Balaban J connectivity index is -0.000000383. The molecule has 2 N–H and O–H groups in total. The lowest BCUT2D eigenvalue weighted by Gasteiger charge is -1.90. The summed E-state index contributed by atoms with van der Waals surface area (Å²) in [6.07, 6.45) is 0. The summed E-state index contributed by atoms with van der Waals surface area (Å²) in [5.74, 6) is -0.467. The molecule has 0 radical (unpaired) electrons. The second-order valence-corrected chi connectivity index (χ2v) is 5.74. The van der Waals surface area contributed by atoms with Crippen molar-refractivity contribution in [3.05, 3.63) is 110 Å². The number of anilines is 1. The van der Waals surface area contributed by atoms with Crippen LogP contribution >= 0.6 is 0 Å². The van der Waals surface area contributed by atoms with E-state index in [0.717, 1.165) is 35.5 Å². The van der Waals surface area contributed by atoms with Gasteiger partial charge in [0.05, 0.1) is 9.85 Å². The Morgan fingerprint density at radius 3 is 1.12 bits per heavy atom. The number of nitro benzene ring substituents is 2. The summed E-state index contributed by atoms with van der Waals surface area (Å²) in [6.45, 7) is 15.9. The number of rotatable bonds is 2. The molecular formula is C26H38FN3O4. The molecule has 0 saturated heterocycles. The minimum atomic E-state index is -0.570. The highest BCUT2D eigenvalue weighted by molar-refractivity contribution is 5.38. The molecule has 0 aliphatic carbocycles. The standard InChI is InChI=1S/C7H7NO2.C7H9N.C6H4FNO2.3C2H6/c1-6-2-4-7(5-3-6)8(9)10;1-6-2-4-7(8)5-3-6;7-5-1-3-6(4-2-5)8(9)10;3*1-2/h2-5H,1H3;2-5H,8H2,1H3;1-4H;3*1-2H3. The number of nitrogens with zero attached hydrogens (tertiary/aromatic N) is 2. The number of nitrogens with two attached hydrogens (primary N) is 1. The van der Waals surface area contributed by atoms with Crippen LogP contribution < -0.4 is 5.73 Å². The van der Waals surface area contributed by atoms with Crippen LogP contribution in [0.2, 0.25) is 0 Å². The number of benzene rings is 3. The molecule has 0 atom stereocenters. The lowest BCUT2D eigenvalue weighted by molar-refractivity contribution is -0.385. The van der Waals surface area contributed by atoms with Gasteiger partial charge in [-0.1, -0.05) is 76.9 Å². The van der Waals surface area contributed by atoms with Gasteiger partial charge in [0.25, 0.3) is 11.4 Å². The molecule has 0 aliphatic heterocycles. The summed E-state index contributed by atoms with van der Waals surface area (Å²) in [4.78, 5) is 19.1. The highest BCUT2D eigenvalue weighted by atomic mass is 19.1. The number of halogens is 1. The Labute approximate surface area is 202 Å². The van der Waals surface area contributed by atoms with Crippen molar-refractivity contribution in [1.29, 1.82) is 0 Å². The number of non-ortho nitro benzene ring substituents is 2. The zero-order valence-corrected chi connectivity index (χ0v) is 21.4. The van der Waals surface area contributed by atoms with Crippen LogP contribution in [-0.2, 0) is 0 Å². The zero-order valence-electron chi connectivity index (χ0n) is 21.4. The number of hydrogen-bond donors (Lipinski definition) is 1. The number of hydrogen-bond acceptors (Lipinski definition) is 5. The fourth-order valence-corrected chi connectivity index (χ4v) is 1.80. The monoisotopic (exact) mass is 475 g/mol. The number of aryl methyl sites for hydroxylation is 2. The average molecular weight is 476 g/mol. The van der Waals surface area contributed by atoms with E-state index in [1.54, 1.807) is 12.1 Å². The molecule has 3 aromatic rings. The predicted molar refractivity (Wildman–Crippen MR) is 141 cm³/mol. The highest BCUT2D eigenvalue weighted by Crippen LogP contribution is 2.11. The third-order valence-corrected chi connectivity index (χ3v) is 3.36. The van der Waals surface area contributed by atoms with E-state index in [1.807, 2.05) is 79.7 Å². The normalized spacial score (nSPS) is 8.15. The molecule has 3 aromatic carbocycles. The van der Waals surface area contributed by atoms with Gasteiger partial charge in [-0.15, -0.1) is 0 Å². The summed E-state index contributed by atoms with van der Waals surface area (Å²) >= 11 is 0. The summed E-state index contributed by atoms with van der Waals surface area (Å²) in [5.41, 5.74) is 8.59. The summed E-state index contributed by atoms with van der Waals surface area (Å²) < 4.78 is 12.1. The Morgan fingerprint density at radius 1 is 0.588 bits per heavy atom. The van der Waals surface area contributed by atoms with Gasteiger partial charge in [-0.05, 0) is 38.1 Å². The van der Waals surface area contributed by atoms with Crippen molar-refractivity contribution in [1.82, 2.24) is 0 Å². The minimum Gasteiger partial charge on any atom is -0.399 e. The third kappa shape index (κ3) is 17.8. The summed E-state index contributed by atoms with van der Waals surface area (Å²) in [7, 11) is 0. The van der Waals surface area contributed by atoms with Crippen molar-refractivity contribution < 1.29 is 14.2 Å². The first-order valence-corrected chi connectivity index (χ1v) is 11.1. The molecule has 0 saturated carbocycles. The maximum atomic E-state index is 12.1. The maximum Gasteiger partial charge on any atom is 0.269 e. The fraction of sp³-hybridized carbons (Fsp3) is 0.308. The molecule has 0 amide bonds. The molecular weight excluding hydrogens is 437 g/mol. The van der Waals surface area contributed by atoms with Gasteiger partial charge in [0.1, 0.15) is 5.82 Å². The van der Waals surface area contributed by atoms with E-state index < -0.39 is 15.7 Å². The van der Waals surface area contributed by atoms with E-state index in [0.29, 0.717) is 0 Å². The third-order valence-electron chi connectivity index (χ3n) is 3.36. The molecule has 7 nitrogen and oxygen atoms in total. The Hall–Kier alpha value is -3.81. The first-order chi connectivity index (χ1) is 16.2. The van der Waals surface area contributed by atoms with E-state index in [4.69, 9.17) is 5.73 Å². The smallest absolute Gasteiger partial charge is 0.269 e. The largest absolute Gasteiger partial charge is 0.399 e. The van der Waals surface area contributed by atoms with Crippen LogP contribution in [0.5, 0.6) is 0 Å². The van der Waals surface area contributed by atoms with E-state index >= 15 is 0 Å². The fourth-order valence-electron chi connectivity index (χ4n) is 1.80. The molecule has 34 heavy (non-hydrogen) atoms. The molecule has 0 aliphatic rings. The topological polar surface area (TPSA) is 112 Å². The molecule has 3 rings (SSSR count). The first kappa shape index (κ1) is 34.8. The van der Waals surface area contributed by atoms with Gasteiger partial charge in [0.2, 0.25) is 0 Å². The quantitative estimate of drug-likeness (QED) is 0.227. The van der Waals surface area contributed by atoms with Crippen molar-refractivity contribution in [3.8, 4) is 0 Å². The zero-order chi connectivity index (χ0) is 27.1. The average Bonchev–Trinajstić information content (AvgIpc) is 2.86. The summed E-state index contributed by atoms with van der Waals surface area (Å²) in [6, 6.07) is 18.6. The second-order valence-electron chi connectivity index (χ2n) is 5.74. The van der Waals surface area contributed by atoms with Crippen LogP contribution in [0.1, 0.15) is 52.7 Å². The molecule has 8 heteroatoms. The van der Waals surface area contributed by atoms with Gasteiger partial charge >= 0.3 is 0 Å². The molecule has 0 spiro atoms. The lowest BCUT2D eigenvalue weighted by Crippen LogP contribution is -1.86. The summed E-state index contributed by atoms with van der Waals surface area (Å²) in [5, 5.41) is 20.1. The van der Waals surface area contributed by atoms with Gasteiger partial charge in [-0.25, -0.2) is 4.39 Å². The molecule has 0 fully saturated rings. The van der Waals surface area contributed by atoms with Gasteiger partial charge in [-0.2, -0.15) is 0 Å². The Morgan fingerprint density at radius 2 is 0.853 bits per heavy atom. The molecule has 0 bridgehead atoms. The van der Waals surface area contributed by atoms with E-state index in [2.05, 4.69) is 0 Å². The highest BCUT2D eigenvalue weighted by Gasteiger charge is 2.02. The Kier molecular flexibility index (Phi) is 22.9. The minimum absolute atomic E-state index is 0.0959. The number of nitro groups is 2. The SMILES string of the molecule is CC.CC.CC.Cc1ccc(N)cc1.Cc1ccc([N+](=O)[O-])cc1.O=[N+]([O-])c1ccc(F)cc1. The van der Waals surface area contributed by atoms with Crippen molar-refractivity contribution in [2.45, 2.75) is 55.4 Å². The maximum absolute atomic E-state index is 12.1. The van der Waals surface area contributed by atoms with E-state index in [9.17, 15) is 24.6 Å².